The van der Waals surface area contributed by atoms with Crippen LogP contribution in [-0.2, 0) is 4.74 Å². The fourth-order valence-electron chi connectivity index (χ4n) is 5.05. The smallest absolute Gasteiger partial charge is 0.255 e. The number of carbonyl (C=O) groups is 1. The third kappa shape index (κ3) is 7.75. The quantitative estimate of drug-likeness (QED) is 0.355. The van der Waals surface area contributed by atoms with E-state index in [0.717, 1.165) is 93.8 Å². The number of morpholine rings is 1. The van der Waals surface area contributed by atoms with E-state index in [1.165, 1.54) is 5.69 Å². The Kier molecular flexibility index (Phi) is 9.54. The van der Waals surface area contributed by atoms with E-state index in [4.69, 9.17) is 9.47 Å². The number of hydrogen-bond donors (Lipinski definition) is 2. The summed E-state index contributed by atoms with van der Waals surface area (Å²) >= 11 is 0. The van der Waals surface area contributed by atoms with E-state index in [1.54, 1.807) is 0 Å². The number of nitrogens with zero attached hydrogens (tertiary/aromatic N) is 3. The standard InChI is InChI=1S/C32H41N5O3/c1-25-7-10-28(33-27-5-3-6-29(23-27)37-18-21-39-22-19-37)24-31(25)34-32(38)26-8-11-30(12-9-26)40-20-4-13-36-16-14-35(2)15-17-36/h3,5-12,23-24,33H,4,13-22H2,1-2H3,(H,34,38). The van der Waals surface area contributed by atoms with Gasteiger partial charge in [0.05, 0.1) is 19.8 Å². The van der Waals surface area contributed by atoms with Crippen molar-refractivity contribution in [2.24, 2.45) is 0 Å². The van der Waals surface area contributed by atoms with Crippen LogP contribution < -0.4 is 20.3 Å². The molecule has 2 aliphatic rings. The molecule has 2 fully saturated rings. The lowest BCUT2D eigenvalue weighted by molar-refractivity contribution is 0.102. The number of ether oxygens (including phenoxy) is 2. The van der Waals surface area contributed by atoms with E-state index in [9.17, 15) is 4.79 Å². The highest BCUT2D eigenvalue weighted by Crippen LogP contribution is 2.27. The van der Waals surface area contributed by atoms with E-state index in [-0.39, 0.29) is 5.91 Å². The van der Waals surface area contributed by atoms with Crippen molar-refractivity contribution in [2.45, 2.75) is 13.3 Å². The van der Waals surface area contributed by atoms with E-state index < -0.39 is 0 Å². The molecule has 40 heavy (non-hydrogen) atoms. The van der Waals surface area contributed by atoms with Gasteiger partial charge in [0, 0.05) is 74.1 Å². The second kappa shape index (κ2) is 13.7. The summed E-state index contributed by atoms with van der Waals surface area (Å²) in [6.07, 6.45) is 0.993. The normalized spacial score (nSPS) is 16.5. The van der Waals surface area contributed by atoms with Crippen molar-refractivity contribution in [1.29, 1.82) is 0 Å². The van der Waals surface area contributed by atoms with E-state index in [1.807, 2.05) is 49.4 Å². The number of hydrogen-bond acceptors (Lipinski definition) is 7. The second-order valence-corrected chi connectivity index (χ2v) is 10.6. The lowest BCUT2D eigenvalue weighted by Crippen LogP contribution is -2.44. The number of nitrogens with one attached hydrogen (secondary N) is 2. The summed E-state index contributed by atoms with van der Waals surface area (Å²) in [5.74, 6) is 0.646. The van der Waals surface area contributed by atoms with Crippen LogP contribution in [0.25, 0.3) is 0 Å². The number of rotatable bonds is 10. The van der Waals surface area contributed by atoms with Crippen molar-refractivity contribution in [3.05, 3.63) is 77.9 Å². The Bertz CT molecular complexity index is 1250. The Morgan fingerprint density at radius 1 is 0.900 bits per heavy atom. The molecular weight excluding hydrogens is 502 g/mol. The predicted molar refractivity (Wildman–Crippen MR) is 162 cm³/mol. The zero-order chi connectivity index (χ0) is 27.7. The number of aryl methyl sites for hydroxylation is 1. The minimum Gasteiger partial charge on any atom is -0.494 e. The van der Waals surface area contributed by atoms with Crippen LogP contribution in [0.15, 0.2) is 66.7 Å². The van der Waals surface area contributed by atoms with Gasteiger partial charge in [0.25, 0.3) is 5.91 Å². The number of piperazine rings is 1. The Labute approximate surface area is 237 Å². The Morgan fingerprint density at radius 3 is 2.42 bits per heavy atom. The van der Waals surface area contributed by atoms with Gasteiger partial charge in [-0.2, -0.15) is 0 Å². The van der Waals surface area contributed by atoms with Crippen LogP contribution in [0.1, 0.15) is 22.3 Å². The van der Waals surface area contributed by atoms with Crippen molar-refractivity contribution >= 4 is 28.7 Å². The molecular formula is C32H41N5O3. The van der Waals surface area contributed by atoms with Crippen LogP contribution in [0.2, 0.25) is 0 Å². The fraction of sp³-hybridized carbons (Fsp3) is 0.406. The predicted octanol–water partition coefficient (Wildman–Crippen LogP) is 4.84. The maximum Gasteiger partial charge on any atom is 0.255 e. The molecule has 8 heteroatoms. The zero-order valence-corrected chi connectivity index (χ0v) is 23.7. The van der Waals surface area contributed by atoms with Gasteiger partial charge in [-0.3, -0.25) is 4.79 Å². The van der Waals surface area contributed by atoms with Crippen molar-refractivity contribution in [3.63, 3.8) is 0 Å². The van der Waals surface area contributed by atoms with E-state index in [2.05, 4.69) is 56.6 Å². The minimum atomic E-state index is -0.142. The molecule has 0 radical (unpaired) electrons. The van der Waals surface area contributed by atoms with Crippen LogP contribution in [-0.4, -0.2) is 88.4 Å². The molecule has 0 aliphatic carbocycles. The second-order valence-electron chi connectivity index (χ2n) is 10.6. The fourth-order valence-corrected chi connectivity index (χ4v) is 5.05. The lowest BCUT2D eigenvalue weighted by Gasteiger charge is -2.32. The number of benzene rings is 3. The van der Waals surface area contributed by atoms with Crippen molar-refractivity contribution < 1.29 is 14.3 Å². The molecule has 0 bridgehead atoms. The van der Waals surface area contributed by atoms with Gasteiger partial charge in [-0.25, -0.2) is 0 Å². The Hall–Kier alpha value is -3.59. The maximum atomic E-state index is 13.0. The SMILES string of the molecule is Cc1ccc(Nc2cccc(N3CCOCC3)c2)cc1NC(=O)c1ccc(OCCCN2CCN(C)CC2)cc1. The highest BCUT2D eigenvalue weighted by Gasteiger charge is 2.14. The summed E-state index contributed by atoms with van der Waals surface area (Å²) in [6, 6.07) is 21.8. The summed E-state index contributed by atoms with van der Waals surface area (Å²) in [5, 5.41) is 6.56. The lowest BCUT2D eigenvalue weighted by atomic mass is 10.1. The molecule has 5 rings (SSSR count). The molecule has 0 spiro atoms. The first kappa shape index (κ1) is 28.0. The van der Waals surface area contributed by atoms with Gasteiger partial charge in [0.15, 0.2) is 0 Å². The summed E-state index contributed by atoms with van der Waals surface area (Å²) < 4.78 is 11.4. The van der Waals surface area contributed by atoms with Gasteiger partial charge in [0.2, 0.25) is 0 Å². The zero-order valence-electron chi connectivity index (χ0n) is 23.7. The van der Waals surface area contributed by atoms with Gasteiger partial charge < -0.3 is 34.8 Å². The highest BCUT2D eigenvalue weighted by atomic mass is 16.5. The Morgan fingerprint density at radius 2 is 1.65 bits per heavy atom. The first-order valence-corrected chi connectivity index (χ1v) is 14.3. The number of amides is 1. The first-order chi connectivity index (χ1) is 19.5. The van der Waals surface area contributed by atoms with Gasteiger partial charge >= 0.3 is 0 Å². The summed E-state index contributed by atoms with van der Waals surface area (Å²) in [7, 11) is 2.17. The molecule has 2 N–H and O–H groups in total. The van der Waals surface area contributed by atoms with Gasteiger partial charge in [-0.05, 0) is 80.6 Å². The van der Waals surface area contributed by atoms with Crippen LogP contribution >= 0.6 is 0 Å². The van der Waals surface area contributed by atoms with Crippen molar-refractivity contribution in [1.82, 2.24) is 9.80 Å². The van der Waals surface area contributed by atoms with Crippen LogP contribution in [0, 0.1) is 6.92 Å². The average Bonchev–Trinajstić information content (AvgIpc) is 2.99. The van der Waals surface area contributed by atoms with Crippen LogP contribution in [0.3, 0.4) is 0 Å². The molecule has 0 saturated carbocycles. The average molecular weight is 544 g/mol. The minimum absolute atomic E-state index is 0.142. The third-order valence-electron chi connectivity index (χ3n) is 7.60. The Balaban J connectivity index is 1.13. The van der Waals surface area contributed by atoms with E-state index in [0.29, 0.717) is 12.2 Å². The van der Waals surface area contributed by atoms with Crippen LogP contribution in [0.4, 0.5) is 22.7 Å². The summed E-state index contributed by atoms with van der Waals surface area (Å²) in [6.45, 7) is 11.5. The molecule has 3 aromatic rings. The molecule has 0 atom stereocenters. The topological polar surface area (TPSA) is 69.3 Å². The molecule has 2 saturated heterocycles. The van der Waals surface area contributed by atoms with E-state index >= 15 is 0 Å². The molecule has 1 amide bonds. The number of carbonyl (C=O) groups excluding carboxylic acids is 1. The van der Waals surface area contributed by atoms with Crippen molar-refractivity contribution in [3.8, 4) is 5.75 Å². The summed E-state index contributed by atoms with van der Waals surface area (Å²) in [5.41, 5.74) is 5.48. The highest BCUT2D eigenvalue weighted by molar-refractivity contribution is 6.05. The van der Waals surface area contributed by atoms with Gasteiger partial charge in [0.1, 0.15) is 5.75 Å². The monoisotopic (exact) mass is 543 g/mol. The number of likely N-dealkylation sites (N-methyl/N-ethyl adjacent to an activating group) is 1. The molecule has 8 nitrogen and oxygen atoms in total. The molecule has 2 aliphatic heterocycles. The molecule has 0 aromatic heterocycles. The van der Waals surface area contributed by atoms with Gasteiger partial charge in [-0.1, -0.05) is 12.1 Å². The molecule has 0 unspecified atom stereocenters. The molecule has 3 aromatic carbocycles. The maximum absolute atomic E-state index is 13.0. The number of anilines is 4. The largest absolute Gasteiger partial charge is 0.494 e. The molecule has 212 valence electrons. The van der Waals surface area contributed by atoms with Crippen LogP contribution in [0.5, 0.6) is 5.75 Å². The molecule has 2 heterocycles. The third-order valence-corrected chi connectivity index (χ3v) is 7.60. The first-order valence-electron chi connectivity index (χ1n) is 14.3. The summed E-state index contributed by atoms with van der Waals surface area (Å²) in [4.78, 5) is 20.2. The van der Waals surface area contributed by atoms with Gasteiger partial charge in [-0.15, -0.1) is 0 Å². The van der Waals surface area contributed by atoms with Crippen molar-refractivity contribution in [2.75, 3.05) is 88.2 Å².